The van der Waals surface area contributed by atoms with Gasteiger partial charge in [-0.1, -0.05) is 11.6 Å². The van der Waals surface area contributed by atoms with E-state index in [1.54, 1.807) is 31.2 Å². The summed E-state index contributed by atoms with van der Waals surface area (Å²) in [4.78, 5) is 22.3. The lowest BCUT2D eigenvalue weighted by atomic mass is 10.3. The van der Waals surface area contributed by atoms with E-state index in [-0.39, 0.29) is 25.4 Å². The molecule has 0 saturated heterocycles. The second kappa shape index (κ2) is 6.91. The SMILES string of the molecule is CCOC(=O)CC(=O)COc1ccc(Cl)cc1. The molecule has 17 heavy (non-hydrogen) atoms. The minimum Gasteiger partial charge on any atom is -0.486 e. The minimum atomic E-state index is -0.530. The summed E-state index contributed by atoms with van der Waals surface area (Å²) in [5, 5.41) is 0.593. The number of rotatable bonds is 6. The van der Waals surface area contributed by atoms with Crippen molar-refractivity contribution < 1.29 is 19.1 Å². The molecule has 0 N–H and O–H groups in total. The monoisotopic (exact) mass is 256 g/mol. The van der Waals surface area contributed by atoms with Gasteiger partial charge in [-0.25, -0.2) is 0 Å². The van der Waals surface area contributed by atoms with Gasteiger partial charge in [0.15, 0.2) is 5.78 Å². The highest BCUT2D eigenvalue weighted by Crippen LogP contribution is 2.15. The third-order valence-electron chi connectivity index (χ3n) is 1.86. The van der Waals surface area contributed by atoms with Crippen LogP contribution in [0.15, 0.2) is 24.3 Å². The van der Waals surface area contributed by atoms with Gasteiger partial charge >= 0.3 is 5.97 Å². The Morgan fingerprint density at radius 1 is 1.24 bits per heavy atom. The molecule has 1 rings (SSSR count). The molecular formula is C12H13ClO4. The number of hydrogen-bond acceptors (Lipinski definition) is 4. The Kier molecular flexibility index (Phi) is 5.49. The number of benzene rings is 1. The van der Waals surface area contributed by atoms with Crippen molar-refractivity contribution in [3.05, 3.63) is 29.3 Å². The molecule has 0 aliphatic heterocycles. The van der Waals surface area contributed by atoms with Crippen LogP contribution < -0.4 is 4.74 Å². The summed E-state index contributed by atoms with van der Waals surface area (Å²) in [6, 6.07) is 6.62. The molecule has 1 aromatic rings. The molecule has 0 unspecified atom stereocenters. The van der Waals surface area contributed by atoms with E-state index in [2.05, 4.69) is 4.74 Å². The maximum absolute atomic E-state index is 11.3. The lowest BCUT2D eigenvalue weighted by molar-refractivity contribution is -0.145. The molecule has 0 saturated carbocycles. The van der Waals surface area contributed by atoms with Gasteiger partial charge in [-0.05, 0) is 31.2 Å². The zero-order chi connectivity index (χ0) is 12.7. The number of ether oxygens (including phenoxy) is 2. The number of ketones is 1. The van der Waals surface area contributed by atoms with Gasteiger partial charge in [0.2, 0.25) is 0 Å². The molecule has 5 heteroatoms. The number of esters is 1. The maximum atomic E-state index is 11.3. The van der Waals surface area contributed by atoms with Gasteiger partial charge in [0.1, 0.15) is 18.8 Å². The van der Waals surface area contributed by atoms with Crippen molar-refractivity contribution in [3.8, 4) is 5.75 Å². The smallest absolute Gasteiger partial charge is 0.313 e. The lowest BCUT2D eigenvalue weighted by Crippen LogP contribution is -2.17. The predicted octanol–water partition coefficient (Wildman–Crippen LogP) is 2.24. The van der Waals surface area contributed by atoms with Crippen molar-refractivity contribution in [2.45, 2.75) is 13.3 Å². The highest BCUT2D eigenvalue weighted by atomic mass is 35.5. The molecule has 1 aromatic carbocycles. The predicted molar refractivity (Wildman–Crippen MR) is 63.2 cm³/mol. The fourth-order valence-corrected chi connectivity index (χ4v) is 1.24. The van der Waals surface area contributed by atoms with E-state index in [0.717, 1.165) is 0 Å². The average Bonchev–Trinajstić information content (AvgIpc) is 2.28. The third-order valence-corrected chi connectivity index (χ3v) is 2.11. The number of carbonyl (C=O) groups is 2. The van der Waals surface area contributed by atoms with Crippen LogP contribution in [-0.4, -0.2) is 25.0 Å². The molecule has 0 amide bonds. The van der Waals surface area contributed by atoms with Crippen molar-refractivity contribution in [1.82, 2.24) is 0 Å². The van der Waals surface area contributed by atoms with E-state index in [1.165, 1.54) is 0 Å². The van der Waals surface area contributed by atoms with Crippen LogP contribution in [0.4, 0.5) is 0 Å². The van der Waals surface area contributed by atoms with E-state index in [9.17, 15) is 9.59 Å². The number of Topliss-reactive ketones (excluding diaryl/α,β-unsaturated/α-hetero) is 1. The first-order chi connectivity index (χ1) is 8.11. The molecule has 0 spiro atoms. The number of hydrogen-bond donors (Lipinski definition) is 0. The van der Waals surface area contributed by atoms with E-state index in [0.29, 0.717) is 10.8 Å². The van der Waals surface area contributed by atoms with Crippen molar-refractivity contribution in [2.75, 3.05) is 13.2 Å². The molecule has 92 valence electrons. The van der Waals surface area contributed by atoms with Gasteiger partial charge in [-0.3, -0.25) is 9.59 Å². The summed E-state index contributed by atoms with van der Waals surface area (Å²) in [6.07, 6.45) is -0.262. The van der Waals surface area contributed by atoms with Crippen LogP contribution in [0.3, 0.4) is 0 Å². The Balaban J connectivity index is 2.33. The molecule has 0 heterocycles. The first-order valence-electron chi connectivity index (χ1n) is 5.17. The van der Waals surface area contributed by atoms with Crippen LogP contribution in [0.5, 0.6) is 5.75 Å². The van der Waals surface area contributed by atoms with E-state index in [1.807, 2.05) is 0 Å². The van der Waals surface area contributed by atoms with Gasteiger partial charge in [0.25, 0.3) is 0 Å². The normalized spacial score (nSPS) is 9.76. The summed E-state index contributed by atoms with van der Waals surface area (Å²) in [6.45, 7) is 1.80. The first kappa shape index (κ1) is 13.5. The second-order valence-electron chi connectivity index (χ2n) is 3.26. The summed E-state index contributed by atoms with van der Waals surface area (Å²) in [5.41, 5.74) is 0. The fraction of sp³-hybridized carbons (Fsp3) is 0.333. The van der Waals surface area contributed by atoms with E-state index < -0.39 is 5.97 Å². The molecular weight excluding hydrogens is 244 g/mol. The molecule has 0 aliphatic carbocycles. The quantitative estimate of drug-likeness (QED) is 0.579. The molecule has 0 radical (unpaired) electrons. The minimum absolute atomic E-state index is 0.152. The summed E-state index contributed by atoms with van der Waals surface area (Å²) in [5.74, 6) is -0.317. The molecule has 0 bridgehead atoms. The van der Waals surface area contributed by atoms with Crippen LogP contribution in [0, 0.1) is 0 Å². The van der Waals surface area contributed by atoms with E-state index in [4.69, 9.17) is 16.3 Å². The molecule has 4 nitrogen and oxygen atoms in total. The zero-order valence-electron chi connectivity index (χ0n) is 9.44. The highest BCUT2D eigenvalue weighted by Gasteiger charge is 2.10. The Bertz CT molecular complexity index is 386. The Hall–Kier alpha value is -1.55. The Labute approximate surface area is 104 Å². The standard InChI is InChI=1S/C12H13ClO4/c1-2-16-12(15)7-10(14)8-17-11-5-3-9(13)4-6-11/h3-6H,2,7-8H2,1H3. The van der Waals surface area contributed by atoms with E-state index >= 15 is 0 Å². The summed E-state index contributed by atoms with van der Waals surface area (Å²) < 4.78 is 9.83. The summed E-state index contributed by atoms with van der Waals surface area (Å²) in [7, 11) is 0. The van der Waals surface area contributed by atoms with Gasteiger partial charge in [0.05, 0.1) is 6.61 Å². The van der Waals surface area contributed by atoms with Crippen LogP contribution in [-0.2, 0) is 14.3 Å². The maximum Gasteiger partial charge on any atom is 0.313 e. The molecule has 0 atom stereocenters. The lowest BCUT2D eigenvalue weighted by Gasteiger charge is -2.05. The van der Waals surface area contributed by atoms with Gasteiger partial charge < -0.3 is 9.47 Å². The second-order valence-corrected chi connectivity index (χ2v) is 3.70. The molecule has 0 aliphatic rings. The van der Waals surface area contributed by atoms with Crippen LogP contribution in [0.1, 0.15) is 13.3 Å². The van der Waals surface area contributed by atoms with Gasteiger partial charge in [-0.15, -0.1) is 0 Å². The molecule has 0 aromatic heterocycles. The van der Waals surface area contributed by atoms with Crippen molar-refractivity contribution in [2.24, 2.45) is 0 Å². The zero-order valence-corrected chi connectivity index (χ0v) is 10.2. The first-order valence-corrected chi connectivity index (χ1v) is 5.55. The Morgan fingerprint density at radius 2 is 1.88 bits per heavy atom. The largest absolute Gasteiger partial charge is 0.486 e. The third kappa shape index (κ3) is 5.36. The van der Waals surface area contributed by atoms with Crippen molar-refractivity contribution in [3.63, 3.8) is 0 Å². The van der Waals surface area contributed by atoms with Crippen LogP contribution in [0.25, 0.3) is 0 Å². The number of halogens is 1. The van der Waals surface area contributed by atoms with Gasteiger partial charge in [0, 0.05) is 5.02 Å². The van der Waals surface area contributed by atoms with Crippen molar-refractivity contribution in [1.29, 1.82) is 0 Å². The van der Waals surface area contributed by atoms with Crippen LogP contribution >= 0.6 is 11.6 Å². The fourth-order valence-electron chi connectivity index (χ4n) is 1.12. The summed E-state index contributed by atoms with van der Waals surface area (Å²) >= 11 is 5.69. The topological polar surface area (TPSA) is 52.6 Å². The van der Waals surface area contributed by atoms with Gasteiger partial charge in [-0.2, -0.15) is 0 Å². The average molecular weight is 257 g/mol. The molecule has 0 fully saturated rings. The Morgan fingerprint density at radius 3 is 2.47 bits per heavy atom. The number of carbonyl (C=O) groups excluding carboxylic acids is 2. The van der Waals surface area contributed by atoms with Crippen molar-refractivity contribution >= 4 is 23.4 Å². The highest BCUT2D eigenvalue weighted by molar-refractivity contribution is 6.30. The van der Waals surface area contributed by atoms with Crippen LogP contribution in [0.2, 0.25) is 5.02 Å².